The molecule has 4 heteroatoms. The van der Waals surface area contributed by atoms with E-state index in [0.717, 1.165) is 30.5 Å². The van der Waals surface area contributed by atoms with E-state index in [1.165, 1.54) is 12.1 Å². The van der Waals surface area contributed by atoms with Crippen molar-refractivity contribution in [3.05, 3.63) is 71.5 Å². The van der Waals surface area contributed by atoms with Crippen LogP contribution < -0.4 is 0 Å². The summed E-state index contributed by atoms with van der Waals surface area (Å²) in [7, 11) is 0. The molecule has 0 heterocycles. The third-order valence-corrected chi connectivity index (χ3v) is 4.05. The van der Waals surface area contributed by atoms with Gasteiger partial charge >= 0.3 is 6.18 Å². The molecule has 0 radical (unpaired) electrons. The van der Waals surface area contributed by atoms with Crippen molar-refractivity contribution in [3.63, 3.8) is 0 Å². The van der Waals surface area contributed by atoms with Crippen molar-refractivity contribution < 1.29 is 17.6 Å². The number of halogens is 4. The standard InChI is InChI=1S/C20H16F4/c1-2-3-13-4-9-18(19(21)10-13)16-6-5-15-12-17(20(22,23)24)8-7-14(15)11-16/h4-12H,2-3H2,1H3. The van der Waals surface area contributed by atoms with Crippen molar-refractivity contribution in [1.82, 2.24) is 0 Å². The Morgan fingerprint density at radius 3 is 2.21 bits per heavy atom. The molecule has 124 valence electrons. The Hall–Kier alpha value is -2.36. The lowest BCUT2D eigenvalue weighted by molar-refractivity contribution is -0.137. The molecule has 3 rings (SSSR count). The molecule has 0 aliphatic heterocycles. The highest BCUT2D eigenvalue weighted by atomic mass is 19.4. The average molecular weight is 332 g/mol. The monoisotopic (exact) mass is 332 g/mol. The summed E-state index contributed by atoms with van der Waals surface area (Å²) < 4.78 is 52.6. The van der Waals surface area contributed by atoms with Crippen molar-refractivity contribution in [1.29, 1.82) is 0 Å². The maximum Gasteiger partial charge on any atom is 0.416 e. The smallest absolute Gasteiger partial charge is 0.206 e. The first-order chi connectivity index (χ1) is 11.4. The second kappa shape index (κ2) is 6.27. The molecule has 0 bridgehead atoms. The molecule has 24 heavy (non-hydrogen) atoms. The molecule has 3 aromatic carbocycles. The van der Waals surface area contributed by atoms with Crippen molar-refractivity contribution in [2.45, 2.75) is 25.9 Å². The summed E-state index contributed by atoms with van der Waals surface area (Å²) in [5.74, 6) is -0.313. The highest BCUT2D eigenvalue weighted by molar-refractivity contribution is 5.88. The van der Waals surface area contributed by atoms with Gasteiger partial charge in [-0.05, 0) is 52.6 Å². The number of hydrogen-bond donors (Lipinski definition) is 0. The molecule has 3 aromatic rings. The van der Waals surface area contributed by atoms with E-state index in [1.54, 1.807) is 24.3 Å². The van der Waals surface area contributed by atoms with Crippen molar-refractivity contribution in [2.75, 3.05) is 0 Å². The van der Waals surface area contributed by atoms with Crippen LogP contribution in [0.5, 0.6) is 0 Å². The lowest BCUT2D eigenvalue weighted by Crippen LogP contribution is -2.04. The summed E-state index contributed by atoms with van der Waals surface area (Å²) in [4.78, 5) is 0. The van der Waals surface area contributed by atoms with Crippen LogP contribution in [-0.4, -0.2) is 0 Å². The van der Waals surface area contributed by atoms with E-state index >= 15 is 0 Å². The minimum absolute atomic E-state index is 0.313. The molecule has 0 saturated carbocycles. The first kappa shape index (κ1) is 16.5. The van der Waals surface area contributed by atoms with Crippen LogP contribution in [0, 0.1) is 5.82 Å². The second-order valence-electron chi connectivity index (χ2n) is 5.84. The molecule has 0 aliphatic rings. The SMILES string of the molecule is CCCc1ccc(-c2ccc3cc(C(F)(F)F)ccc3c2)c(F)c1. The van der Waals surface area contributed by atoms with Gasteiger partial charge in [-0.15, -0.1) is 0 Å². The number of hydrogen-bond acceptors (Lipinski definition) is 0. The fraction of sp³-hybridized carbons (Fsp3) is 0.200. The van der Waals surface area contributed by atoms with E-state index in [-0.39, 0.29) is 5.82 Å². The lowest BCUT2D eigenvalue weighted by atomic mass is 9.98. The van der Waals surface area contributed by atoms with E-state index in [2.05, 4.69) is 0 Å². The van der Waals surface area contributed by atoms with E-state index < -0.39 is 11.7 Å². The summed E-state index contributed by atoms with van der Waals surface area (Å²) >= 11 is 0. The maximum absolute atomic E-state index is 14.3. The van der Waals surface area contributed by atoms with Crippen molar-refractivity contribution >= 4 is 10.8 Å². The molecular formula is C20H16F4. The fourth-order valence-corrected chi connectivity index (χ4v) is 2.83. The van der Waals surface area contributed by atoms with E-state index in [4.69, 9.17) is 0 Å². The predicted octanol–water partition coefficient (Wildman–Crippen LogP) is 6.62. The van der Waals surface area contributed by atoms with Crippen molar-refractivity contribution in [2.24, 2.45) is 0 Å². The number of benzene rings is 3. The summed E-state index contributed by atoms with van der Waals surface area (Å²) in [6, 6.07) is 13.7. The van der Waals surface area contributed by atoms with Crippen LogP contribution in [0.2, 0.25) is 0 Å². The Kier molecular flexibility index (Phi) is 4.31. The van der Waals surface area contributed by atoms with E-state index in [0.29, 0.717) is 21.9 Å². The highest BCUT2D eigenvalue weighted by Crippen LogP contribution is 2.33. The third kappa shape index (κ3) is 3.28. The molecule has 0 aromatic heterocycles. The summed E-state index contributed by atoms with van der Waals surface area (Å²) in [6.07, 6.45) is -2.61. The molecule has 0 N–H and O–H groups in total. The van der Waals surface area contributed by atoms with Gasteiger partial charge in [0.05, 0.1) is 5.56 Å². The second-order valence-corrected chi connectivity index (χ2v) is 5.84. The van der Waals surface area contributed by atoms with Crippen LogP contribution in [0.1, 0.15) is 24.5 Å². The molecule has 0 atom stereocenters. The number of alkyl halides is 3. The van der Waals surface area contributed by atoms with Crippen molar-refractivity contribution in [3.8, 4) is 11.1 Å². The molecule has 0 saturated heterocycles. The largest absolute Gasteiger partial charge is 0.416 e. The van der Waals surface area contributed by atoms with Crippen LogP contribution in [0.3, 0.4) is 0 Å². The molecule has 0 unspecified atom stereocenters. The maximum atomic E-state index is 14.3. The van der Waals surface area contributed by atoms with Gasteiger partial charge in [0.15, 0.2) is 0 Å². The van der Waals surface area contributed by atoms with Gasteiger partial charge in [-0.1, -0.05) is 43.7 Å². The van der Waals surface area contributed by atoms with Gasteiger partial charge in [0.1, 0.15) is 5.82 Å². The third-order valence-electron chi connectivity index (χ3n) is 4.05. The van der Waals surface area contributed by atoms with Gasteiger partial charge in [0.25, 0.3) is 0 Å². The van der Waals surface area contributed by atoms with Gasteiger partial charge in [0, 0.05) is 5.56 Å². The minimum Gasteiger partial charge on any atom is -0.206 e. The quantitative estimate of drug-likeness (QED) is 0.473. The lowest BCUT2D eigenvalue weighted by Gasteiger charge is -2.10. The fourth-order valence-electron chi connectivity index (χ4n) is 2.83. The van der Waals surface area contributed by atoms with Crippen LogP contribution >= 0.6 is 0 Å². The Morgan fingerprint density at radius 2 is 1.54 bits per heavy atom. The molecule has 0 fully saturated rings. The molecule has 0 amide bonds. The Bertz CT molecular complexity index is 878. The Labute approximate surface area is 137 Å². The molecular weight excluding hydrogens is 316 g/mol. The summed E-state index contributed by atoms with van der Waals surface area (Å²) in [5.41, 5.74) is 1.37. The normalized spacial score (nSPS) is 11.9. The number of aryl methyl sites for hydroxylation is 1. The summed E-state index contributed by atoms with van der Waals surface area (Å²) in [6.45, 7) is 2.03. The molecule has 0 nitrogen and oxygen atoms in total. The molecule has 0 spiro atoms. The van der Waals surface area contributed by atoms with E-state index in [9.17, 15) is 17.6 Å². The zero-order valence-electron chi connectivity index (χ0n) is 13.1. The number of fused-ring (bicyclic) bond motifs is 1. The van der Waals surface area contributed by atoms with Gasteiger partial charge < -0.3 is 0 Å². The van der Waals surface area contributed by atoms with Gasteiger partial charge in [-0.2, -0.15) is 13.2 Å². The zero-order valence-corrected chi connectivity index (χ0v) is 13.1. The first-order valence-electron chi connectivity index (χ1n) is 7.78. The first-order valence-corrected chi connectivity index (χ1v) is 7.78. The van der Waals surface area contributed by atoms with E-state index in [1.807, 2.05) is 13.0 Å². The van der Waals surface area contributed by atoms with Gasteiger partial charge in [-0.25, -0.2) is 4.39 Å². The average Bonchev–Trinajstić information content (AvgIpc) is 2.53. The highest BCUT2D eigenvalue weighted by Gasteiger charge is 2.30. The molecule has 0 aliphatic carbocycles. The van der Waals surface area contributed by atoms with Crippen LogP contribution in [-0.2, 0) is 12.6 Å². The predicted molar refractivity (Wildman–Crippen MR) is 88.3 cm³/mol. The van der Waals surface area contributed by atoms with Gasteiger partial charge in [0.2, 0.25) is 0 Å². The number of rotatable bonds is 3. The van der Waals surface area contributed by atoms with Crippen LogP contribution in [0.4, 0.5) is 17.6 Å². The summed E-state index contributed by atoms with van der Waals surface area (Å²) in [5, 5.41) is 1.13. The minimum atomic E-state index is -4.37. The topological polar surface area (TPSA) is 0 Å². The Morgan fingerprint density at radius 1 is 0.833 bits per heavy atom. The van der Waals surface area contributed by atoms with Crippen LogP contribution in [0.15, 0.2) is 54.6 Å². The van der Waals surface area contributed by atoms with Crippen LogP contribution in [0.25, 0.3) is 21.9 Å². The zero-order chi connectivity index (χ0) is 17.3. The Balaban J connectivity index is 2.02. The van der Waals surface area contributed by atoms with Gasteiger partial charge in [-0.3, -0.25) is 0 Å².